The number of carbonyl (C=O) groups is 1. The molecule has 0 aliphatic rings. The standard InChI is InChI=1S/C17H28N2O4S/c1-12-8-9-13(2)14(10-12)24(21,22)18-11-17(6,7)19-15(20)23-16(3,4)5/h8-10,18H,11H2,1-7H3,(H,19,20). The summed E-state index contributed by atoms with van der Waals surface area (Å²) in [5, 5.41) is 2.67. The summed E-state index contributed by atoms with van der Waals surface area (Å²) in [6.45, 7) is 12.4. The Hall–Kier alpha value is -1.60. The summed E-state index contributed by atoms with van der Waals surface area (Å²) in [4.78, 5) is 12.1. The maximum atomic E-state index is 12.5. The fourth-order valence-electron chi connectivity index (χ4n) is 1.97. The van der Waals surface area contributed by atoms with Gasteiger partial charge in [0.1, 0.15) is 5.60 Å². The van der Waals surface area contributed by atoms with E-state index in [0.29, 0.717) is 5.56 Å². The molecule has 0 unspecified atom stereocenters. The molecule has 136 valence electrons. The monoisotopic (exact) mass is 356 g/mol. The molecule has 1 rings (SSSR count). The zero-order valence-corrected chi connectivity index (χ0v) is 16.3. The number of benzene rings is 1. The van der Waals surface area contributed by atoms with Gasteiger partial charge in [-0.3, -0.25) is 0 Å². The Morgan fingerprint density at radius 1 is 1.12 bits per heavy atom. The summed E-state index contributed by atoms with van der Waals surface area (Å²) < 4.78 is 32.8. The van der Waals surface area contributed by atoms with E-state index in [2.05, 4.69) is 10.0 Å². The average molecular weight is 356 g/mol. The summed E-state index contributed by atoms with van der Waals surface area (Å²) >= 11 is 0. The highest BCUT2D eigenvalue weighted by atomic mass is 32.2. The van der Waals surface area contributed by atoms with Gasteiger partial charge in [-0.1, -0.05) is 12.1 Å². The smallest absolute Gasteiger partial charge is 0.408 e. The van der Waals surface area contributed by atoms with Gasteiger partial charge in [0.05, 0.1) is 10.4 Å². The lowest BCUT2D eigenvalue weighted by Crippen LogP contribution is -2.52. The number of nitrogens with one attached hydrogen (secondary N) is 2. The highest BCUT2D eigenvalue weighted by Gasteiger charge is 2.27. The number of sulfonamides is 1. The maximum absolute atomic E-state index is 12.5. The fourth-order valence-corrected chi connectivity index (χ4v) is 3.51. The van der Waals surface area contributed by atoms with Crippen molar-refractivity contribution in [3.63, 3.8) is 0 Å². The van der Waals surface area contributed by atoms with Crippen molar-refractivity contribution < 1.29 is 17.9 Å². The van der Waals surface area contributed by atoms with Gasteiger partial charge in [-0.25, -0.2) is 17.9 Å². The summed E-state index contributed by atoms with van der Waals surface area (Å²) in [5.41, 5.74) is 0.129. The van der Waals surface area contributed by atoms with Crippen LogP contribution in [0.25, 0.3) is 0 Å². The van der Waals surface area contributed by atoms with E-state index in [-0.39, 0.29) is 11.4 Å². The van der Waals surface area contributed by atoms with Gasteiger partial charge < -0.3 is 10.1 Å². The second-order valence-electron chi connectivity index (χ2n) is 7.60. The first-order chi connectivity index (χ1) is 10.7. The predicted octanol–water partition coefficient (Wildman–Crippen LogP) is 2.89. The normalized spacial score (nSPS) is 12.8. The summed E-state index contributed by atoms with van der Waals surface area (Å²) in [6.07, 6.45) is -0.585. The lowest BCUT2D eigenvalue weighted by molar-refractivity contribution is 0.0474. The molecule has 24 heavy (non-hydrogen) atoms. The number of ether oxygens (including phenoxy) is 1. The fraction of sp³-hybridized carbons (Fsp3) is 0.588. The van der Waals surface area contributed by atoms with Crippen molar-refractivity contribution in [1.82, 2.24) is 10.0 Å². The third-order valence-corrected chi connectivity index (χ3v) is 4.72. The Bertz CT molecular complexity index is 704. The predicted molar refractivity (Wildman–Crippen MR) is 94.6 cm³/mol. The molecule has 0 saturated heterocycles. The Labute approximate surface area is 145 Å². The van der Waals surface area contributed by atoms with E-state index in [1.807, 2.05) is 13.0 Å². The molecule has 0 atom stereocenters. The lowest BCUT2D eigenvalue weighted by atomic mass is 10.1. The molecule has 0 aromatic heterocycles. The molecule has 0 bridgehead atoms. The third-order valence-electron chi connectivity index (χ3n) is 3.18. The van der Waals surface area contributed by atoms with Crippen LogP contribution in [-0.4, -0.2) is 32.2 Å². The topological polar surface area (TPSA) is 84.5 Å². The van der Waals surface area contributed by atoms with Gasteiger partial charge in [-0.2, -0.15) is 0 Å². The number of carbonyl (C=O) groups excluding carboxylic acids is 1. The molecule has 0 aliphatic heterocycles. The molecule has 1 amide bonds. The Balaban J connectivity index is 2.79. The van der Waals surface area contributed by atoms with Crippen molar-refractivity contribution in [1.29, 1.82) is 0 Å². The van der Waals surface area contributed by atoms with Crippen molar-refractivity contribution in [2.75, 3.05) is 6.54 Å². The van der Waals surface area contributed by atoms with E-state index in [9.17, 15) is 13.2 Å². The first kappa shape index (κ1) is 20.4. The van der Waals surface area contributed by atoms with Crippen molar-refractivity contribution >= 4 is 16.1 Å². The van der Waals surface area contributed by atoms with Crippen molar-refractivity contribution in [2.45, 2.75) is 64.5 Å². The zero-order valence-electron chi connectivity index (χ0n) is 15.5. The minimum absolute atomic E-state index is 0.0436. The van der Waals surface area contributed by atoms with Crippen LogP contribution in [0.15, 0.2) is 23.1 Å². The number of hydrogen-bond donors (Lipinski definition) is 2. The summed E-state index contributed by atoms with van der Waals surface area (Å²) in [7, 11) is -3.66. The van der Waals surface area contributed by atoms with E-state index >= 15 is 0 Å². The van der Waals surface area contributed by atoms with Crippen LogP contribution in [0.4, 0.5) is 4.79 Å². The highest BCUT2D eigenvalue weighted by molar-refractivity contribution is 7.89. The SMILES string of the molecule is Cc1ccc(C)c(S(=O)(=O)NCC(C)(C)NC(=O)OC(C)(C)C)c1. The molecule has 1 aromatic carbocycles. The molecule has 1 aromatic rings. The van der Waals surface area contributed by atoms with Crippen LogP contribution in [0.1, 0.15) is 45.7 Å². The second kappa shape index (κ2) is 7.11. The van der Waals surface area contributed by atoms with E-state index in [4.69, 9.17) is 4.74 Å². The van der Waals surface area contributed by atoms with Crippen LogP contribution < -0.4 is 10.0 Å². The Morgan fingerprint density at radius 3 is 2.25 bits per heavy atom. The molecular formula is C17H28N2O4S. The highest BCUT2D eigenvalue weighted by Crippen LogP contribution is 2.17. The molecule has 7 heteroatoms. The van der Waals surface area contributed by atoms with Gasteiger partial charge in [0.2, 0.25) is 10.0 Å². The van der Waals surface area contributed by atoms with Crippen LogP contribution in [0, 0.1) is 13.8 Å². The van der Waals surface area contributed by atoms with E-state index in [0.717, 1.165) is 5.56 Å². The molecule has 0 aliphatic carbocycles. The minimum atomic E-state index is -3.66. The Morgan fingerprint density at radius 2 is 1.71 bits per heavy atom. The maximum Gasteiger partial charge on any atom is 0.408 e. The van der Waals surface area contributed by atoms with Gasteiger partial charge in [-0.15, -0.1) is 0 Å². The summed E-state index contributed by atoms with van der Waals surface area (Å²) in [5.74, 6) is 0. The third kappa shape index (κ3) is 6.49. The van der Waals surface area contributed by atoms with E-state index in [1.165, 1.54) is 0 Å². The molecule has 0 saturated carbocycles. The van der Waals surface area contributed by atoms with E-state index in [1.54, 1.807) is 53.7 Å². The van der Waals surface area contributed by atoms with Crippen molar-refractivity contribution in [3.05, 3.63) is 29.3 Å². The Kier molecular flexibility index (Phi) is 6.05. The second-order valence-corrected chi connectivity index (χ2v) is 9.34. The quantitative estimate of drug-likeness (QED) is 0.849. The van der Waals surface area contributed by atoms with Crippen LogP contribution in [-0.2, 0) is 14.8 Å². The van der Waals surface area contributed by atoms with Crippen LogP contribution in [0.2, 0.25) is 0 Å². The summed E-state index contributed by atoms with van der Waals surface area (Å²) in [6, 6.07) is 5.27. The molecule has 0 heterocycles. The largest absolute Gasteiger partial charge is 0.444 e. The van der Waals surface area contributed by atoms with Gasteiger partial charge in [-0.05, 0) is 65.7 Å². The van der Waals surface area contributed by atoms with Gasteiger partial charge in [0.15, 0.2) is 0 Å². The number of amides is 1. The number of rotatable bonds is 5. The van der Waals surface area contributed by atoms with Gasteiger partial charge >= 0.3 is 6.09 Å². The number of aryl methyl sites for hydroxylation is 2. The van der Waals surface area contributed by atoms with Gasteiger partial charge in [0.25, 0.3) is 0 Å². The molecule has 0 spiro atoms. The number of hydrogen-bond acceptors (Lipinski definition) is 4. The van der Waals surface area contributed by atoms with Gasteiger partial charge in [0, 0.05) is 6.54 Å². The first-order valence-corrected chi connectivity index (χ1v) is 9.28. The van der Waals surface area contributed by atoms with Crippen molar-refractivity contribution in [3.8, 4) is 0 Å². The first-order valence-electron chi connectivity index (χ1n) is 7.80. The zero-order chi connectivity index (χ0) is 18.8. The van der Waals surface area contributed by atoms with E-state index < -0.39 is 27.3 Å². The molecule has 0 radical (unpaired) electrons. The molecule has 6 nitrogen and oxygen atoms in total. The molecular weight excluding hydrogens is 328 g/mol. The van der Waals surface area contributed by atoms with Crippen LogP contribution >= 0.6 is 0 Å². The van der Waals surface area contributed by atoms with Crippen LogP contribution in [0.3, 0.4) is 0 Å². The number of alkyl carbamates (subject to hydrolysis) is 1. The molecule has 2 N–H and O–H groups in total. The van der Waals surface area contributed by atoms with Crippen molar-refractivity contribution in [2.24, 2.45) is 0 Å². The van der Waals surface area contributed by atoms with Crippen LogP contribution in [0.5, 0.6) is 0 Å². The lowest BCUT2D eigenvalue weighted by Gasteiger charge is -2.28. The average Bonchev–Trinajstić information content (AvgIpc) is 2.36. The minimum Gasteiger partial charge on any atom is -0.444 e. The molecule has 0 fully saturated rings.